The number of ketones is 2. The molecule has 1 aliphatic carbocycles. The van der Waals surface area contributed by atoms with Gasteiger partial charge in [0.2, 0.25) is 5.78 Å². The molecular weight excluding hydrogens is 256 g/mol. The van der Waals surface area contributed by atoms with Crippen LogP contribution in [0.25, 0.3) is 0 Å². The number of hydrogen-bond donors (Lipinski definition) is 3. The molecule has 1 aliphatic heterocycles. The van der Waals surface area contributed by atoms with Gasteiger partial charge in [-0.2, -0.15) is 0 Å². The Morgan fingerprint density at radius 3 is 2.89 bits per heavy atom. The van der Waals surface area contributed by atoms with E-state index in [-0.39, 0.29) is 23.0 Å². The fourth-order valence-electron chi connectivity index (χ4n) is 1.83. The van der Waals surface area contributed by atoms with Crippen LogP contribution in [0.15, 0.2) is 22.3 Å². The maximum absolute atomic E-state index is 12.1. The first kappa shape index (κ1) is 12.8. The van der Waals surface area contributed by atoms with E-state index in [4.69, 9.17) is 5.11 Å². The Morgan fingerprint density at radius 1 is 1.56 bits per heavy atom. The molecule has 7 heteroatoms. The van der Waals surface area contributed by atoms with E-state index in [1.807, 2.05) is 0 Å². The number of carbonyl (C=O) groups excluding carboxylic acids is 2. The third kappa shape index (κ3) is 2.19. The fourth-order valence-corrected chi connectivity index (χ4v) is 2.96. The summed E-state index contributed by atoms with van der Waals surface area (Å²) in [5, 5.41) is 11.5. The van der Waals surface area contributed by atoms with Crippen molar-refractivity contribution < 1.29 is 25.2 Å². The minimum Gasteiger partial charge on any atom is -0.480 e. The zero-order valence-electron chi connectivity index (χ0n) is 9.56. The van der Waals surface area contributed by atoms with E-state index >= 15 is 0 Å². The number of carboxylic acid groups (broad SMARTS) is 1. The number of quaternary nitrogens is 1. The number of rotatable bonds is 3. The lowest BCUT2D eigenvalue weighted by Crippen LogP contribution is -2.51. The molecule has 2 aliphatic rings. The van der Waals surface area contributed by atoms with Gasteiger partial charge >= 0.3 is 5.97 Å². The average molecular weight is 269 g/mol. The molecule has 0 spiro atoms. The van der Waals surface area contributed by atoms with E-state index in [0.29, 0.717) is 23.4 Å². The van der Waals surface area contributed by atoms with Crippen LogP contribution in [0.5, 0.6) is 0 Å². The van der Waals surface area contributed by atoms with Gasteiger partial charge in [0.05, 0.1) is 11.4 Å². The van der Waals surface area contributed by atoms with E-state index in [1.54, 1.807) is 0 Å². The van der Waals surface area contributed by atoms with Gasteiger partial charge in [0.15, 0.2) is 5.78 Å². The maximum Gasteiger partial charge on any atom is 0.327 e. The van der Waals surface area contributed by atoms with Crippen LogP contribution < -0.4 is 11.1 Å². The van der Waals surface area contributed by atoms with Gasteiger partial charge in [0, 0.05) is 17.7 Å². The van der Waals surface area contributed by atoms with Gasteiger partial charge in [-0.1, -0.05) is 0 Å². The van der Waals surface area contributed by atoms with Gasteiger partial charge in [-0.15, -0.1) is 11.8 Å². The summed E-state index contributed by atoms with van der Waals surface area (Å²) in [4.78, 5) is 35.1. The van der Waals surface area contributed by atoms with Crippen LogP contribution in [0.1, 0.15) is 6.42 Å². The average Bonchev–Trinajstić information content (AvgIpc) is 2.35. The van der Waals surface area contributed by atoms with E-state index in [9.17, 15) is 14.4 Å². The third-order valence-electron chi connectivity index (χ3n) is 2.73. The monoisotopic (exact) mass is 269 g/mol. The van der Waals surface area contributed by atoms with Crippen LogP contribution >= 0.6 is 11.8 Å². The number of nitrogens with one attached hydrogen (secondary N) is 1. The minimum absolute atomic E-state index is 0.122. The Balaban J connectivity index is 2.28. The number of thioether (sulfide) groups is 1. The fraction of sp³-hybridized carbons (Fsp3) is 0.364. The zero-order chi connectivity index (χ0) is 13.3. The van der Waals surface area contributed by atoms with Crippen LogP contribution in [-0.4, -0.2) is 41.0 Å². The second kappa shape index (κ2) is 4.95. The molecule has 0 bridgehead atoms. The van der Waals surface area contributed by atoms with Crippen LogP contribution in [0, 0.1) is 0 Å². The highest BCUT2D eigenvalue weighted by molar-refractivity contribution is 8.04. The summed E-state index contributed by atoms with van der Waals surface area (Å²) in [6, 6.07) is -0.826. The molecule has 2 rings (SSSR count). The molecule has 1 heterocycles. The van der Waals surface area contributed by atoms with Crippen LogP contribution in [0.4, 0.5) is 0 Å². The van der Waals surface area contributed by atoms with Crippen molar-refractivity contribution in [2.24, 2.45) is 0 Å². The Bertz CT molecular complexity index is 495. The van der Waals surface area contributed by atoms with Gasteiger partial charge in [-0.05, 0) is 6.08 Å². The van der Waals surface area contributed by atoms with Crippen molar-refractivity contribution in [2.45, 2.75) is 12.5 Å². The standard InChI is InChI=1S/C11H12N2O4S/c12-2-1-5-3-7(14)8-10(9(5)15)18-4-6(13-8)11(16)17/h3,6,13H,1-2,4,12H2,(H,16,17)/p+1. The number of carbonyl (C=O) groups is 3. The second-order valence-electron chi connectivity index (χ2n) is 4.02. The van der Waals surface area contributed by atoms with Crippen molar-refractivity contribution in [1.82, 2.24) is 5.32 Å². The van der Waals surface area contributed by atoms with E-state index in [2.05, 4.69) is 11.1 Å². The highest BCUT2D eigenvalue weighted by atomic mass is 32.2. The Morgan fingerprint density at radius 2 is 2.28 bits per heavy atom. The molecule has 0 saturated carbocycles. The van der Waals surface area contributed by atoms with Gasteiger partial charge in [-0.25, -0.2) is 4.79 Å². The summed E-state index contributed by atoms with van der Waals surface area (Å²) in [6.07, 6.45) is 1.74. The lowest BCUT2D eigenvalue weighted by Gasteiger charge is -2.27. The summed E-state index contributed by atoms with van der Waals surface area (Å²) in [5.41, 5.74) is 4.24. The summed E-state index contributed by atoms with van der Waals surface area (Å²) < 4.78 is 0. The molecule has 0 aromatic heterocycles. The summed E-state index contributed by atoms with van der Waals surface area (Å²) in [7, 11) is 0. The highest BCUT2D eigenvalue weighted by Gasteiger charge is 2.35. The Labute approximate surface area is 107 Å². The Hall–Kier alpha value is -1.60. The molecule has 6 nitrogen and oxygen atoms in total. The number of carboxylic acids is 1. The molecule has 0 saturated heterocycles. The Kier molecular flexibility index (Phi) is 3.53. The van der Waals surface area contributed by atoms with Crippen molar-refractivity contribution in [3.05, 3.63) is 22.3 Å². The number of aliphatic carboxylic acids is 1. The van der Waals surface area contributed by atoms with Crippen molar-refractivity contribution in [3.63, 3.8) is 0 Å². The van der Waals surface area contributed by atoms with Crippen molar-refractivity contribution in [1.29, 1.82) is 0 Å². The topological polar surface area (TPSA) is 111 Å². The second-order valence-corrected chi connectivity index (χ2v) is 5.05. The molecule has 5 N–H and O–H groups in total. The smallest absolute Gasteiger partial charge is 0.327 e. The van der Waals surface area contributed by atoms with Crippen LogP contribution in [0.2, 0.25) is 0 Å². The molecule has 96 valence electrons. The number of hydrogen-bond acceptors (Lipinski definition) is 5. The number of Topliss-reactive ketones (excluding diaryl/α,β-unsaturated/α-hetero) is 1. The molecular formula is C11H13N2O4S+. The molecule has 18 heavy (non-hydrogen) atoms. The SMILES string of the molecule is [NH3+]CCC1=CC(=O)C2=C(SCC(C(=O)O)N2)C1=O. The quantitative estimate of drug-likeness (QED) is 0.549. The van der Waals surface area contributed by atoms with Crippen molar-refractivity contribution >= 4 is 29.3 Å². The lowest BCUT2D eigenvalue weighted by molar-refractivity contribution is -0.366. The summed E-state index contributed by atoms with van der Waals surface area (Å²) in [5.74, 6) is -1.30. The third-order valence-corrected chi connectivity index (χ3v) is 3.91. The van der Waals surface area contributed by atoms with Crippen molar-refractivity contribution in [2.75, 3.05) is 12.3 Å². The normalized spacial score (nSPS) is 23.4. The predicted octanol–water partition coefficient (Wildman–Crippen LogP) is -1.30. The molecule has 0 aromatic carbocycles. The zero-order valence-corrected chi connectivity index (χ0v) is 10.4. The molecule has 0 aromatic rings. The predicted molar refractivity (Wildman–Crippen MR) is 64.5 cm³/mol. The molecule has 0 fully saturated rings. The van der Waals surface area contributed by atoms with Gasteiger partial charge in [0.25, 0.3) is 0 Å². The highest BCUT2D eigenvalue weighted by Crippen LogP contribution is 2.32. The van der Waals surface area contributed by atoms with E-state index < -0.39 is 12.0 Å². The summed E-state index contributed by atoms with van der Waals surface area (Å²) >= 11 is 1.13. The maximum atomic E-state index is 12.1. The van der Waals surface area contributed by atoms with Crippen LogP contribution in [0.3, 0.4) is 0 Å². The number of allylic oxidation sites excluding steroid dienone is 2. The van der Waals surface area contributed by atoms with E-state index in [1.165, 1.54) is 6.08 Å². The van der Waals surface area contributed by atoms with E-state index in [0.717, 1.165) is 11.8 Å². The van der Waals surface area contributed by atoms with Gasteiger partial charge in [-0.3, -0.25) is 9.59 Å². The first-order valence-corrected chi connectivity index (χ1v) is 6.48. The molecule has 1 unspecified atom stereocenters. The summed E-state index contributed by atoms with van der Waals surface area (Å²) in [6.45, 7) is 0.545. The molecule has 0 amide bonds. The first-order valence-electron chi connectivity index (χ1n) is 5.50. The van der Waals surface area contributed by atoms with Crippen molar-refractivity contribution in [3.8, 4) is 0 Å². The van der Waals surface area contributed by atoms with Gasteiger partial charge < -0.3 is 16.2 Å². The minimum atomic E-state index is -1.03. The van der Waals surface area contributed by atoms with Crippen LogP contribution in [-0.2, 0) is 14.4 Å². The largest absolute Gasteiger partial charge is 0.480 e. The molecule has 1 atom stereocenters. The first-order chi connectivity index (χ1) is 8.54. The molecule has 0 radical (unpaired) electrons. The van der Waals surface area contributed by atoms with Gasteiger partial charge in [0.1, 0.15) is 11.7 Å². The lowest BCUT2D eigenvalue weighted by atomic mass is 9.97.